The van der Waals surface area contributed by atoms with Crippen LogP contribution in [-0.2, 0) is 6.42 Å². The van der Waals surface area contributed by atoms with E-state index in [1.165, 1.54) is 0 Å². The zero-order valence-electron chi connectivity index (χ0n) is 11.9. The van der Waals surface area contributed by atoms with E-state index in [2.05, 4.69) is 32.8 Å². The zero-order chi connectivity index (χ0) is 13.5. The number of piperazine rings is 1. The molecule has 2 heterocycles. The number of aryl methyl sites for hydroxylation is 1. The summed E-state index contributed by atoms with van der Waals surface area (Å²) in [7, 11) is 0. The fourth-order valence-electron chi connectivity index (χ4n) is 2.47. The minimum atomic E-state index is 0.784. The quantitative estimate of drug-likeness (QED) is 0.826. The fraction of sp³-hybridized carbons (Fsp3) is 0.714. The molecular formula is C14H25N5. The van der Waals surface area contributed by atoms with Crippen LogP contribution in [0, 0.1) is 0 Å². The Kier molecular flexibility index (Phi) is 5.54. The Hall–Kier alpha value is -1.20. The van der Waals surface area contributed by atoms with E-state index in [-0.39, 0.29) is 0 Å². The lowest BCUT2D eigenvalue weighted by Gasteiger charge is -2.35. The van der Waals surface area contributed by atoms with E-state index in [4.69, 9.17) is 5.73 Å². The lowest BCUT2D eigenvalue weighted by atomic mass is 10.2. The Bertz CT molecular complexity index is 374. The number of rotatable bonds is 6. The maximum absolute atomic E-state index is 5.56. The van der Waals surface area contributed by atoms with Crippen LogP contribution in [0.15, 0.2) is 12.4 Å². The summed E-state index contributed by atoms with van der Waals surface area (Å²) in [5, 5.41) is 0. The van der Waals surface area contributed by atoms with Crippen molar-refractivity contribution in [2.24, 2.45) is 5.73 Å². The van der Waals surface area contributed by atoms with Gasteiger partial charge >= 0.3 is 0 Å². The van der Waals surface area contributed by atoms with Crippen LogP contribution in [0.5, 0.6) is 0 Å². The van der Waals surface area contributed by atoms with Crippen LogP contribution in [0.4, 0.5) is 5.82 Å². The van der Waals surface area contributed by atoms with E-state index in [9.17, 15) is 0 Å². The Balaban J connectivity index is 1.88. The van der Waals surface area contributed by atoms with E-state index < -0.39 is 0 Å². The van der Waals surface area contributed by atoms with Crippen molar-refractivity contribution in [1.29, 1.82) is 0 Å². The molecule has 5 nitrogen and oxygen atoms in total. The standard InChI is InChI=1S/C14H25N5/c1-2-4-13-11-14(17-12-16-13)19-9-7-18(8-10-19)6-3-5-15/h11-12H,2-10,15H2,1H3. The first kappa shape index (κ1) is 14.2. The summed E-state index contributed by atoms with van der Waals surface area (Å²) in [5.74, 6) is 1.08. The van der Waals surface area contributed by atoms with Crippen LogP contribution in [0.1, 0.15) is 25.5 Å². The molecule has 106 valence electrons. The Morgan fingerprint density at radius 3 is 2.68 bits per heavy atom. The third kappa shape index (κ3) is 4.14. The summed E-state index contributed by atoms with van der Waals surface area (Å²) >= 11 is 0. The Morgan fingerprint density at radius 1 is 1.21 bits per heavy atom. The molecular weight excluding hydrogens is 238 g/mol. The largest absolute Gasteiger partial charge is 0.354 e. The van der Waals surface area contributed by atoms with Crippen molar-refractivity contribution < 1.29 is 0 Å². The molecule has 0 saturated carbocycles. The van der Waals surface area contributed by atoms with Gasteiger partial charge in [-0.3, -0.25) is 4.90 Å². The van der Waals surface area contributed by atoms with Crippen molar-refractivity contribution in [2.45, 2.75) is 26.2 Å². The second kappa shape index (κ2) is 7.40. The maximum Gasteiger partial charge on any atom is 0.132 e. The summed E-state index contributed by atoms with van der Waals surface area (Å²) in [6, 6.07) is 2.14. The summed E-state index contributed by atoms with van der Waals surface area (Å²) in [4.78, 5) is 13.6. The molecule has 0 amide bonds. The lowest BCUT2D eigenvalue weighted by Crippen LogP contribution is -2.47. The van der Waals surface area contributed by atoms with Gasteiger partial charge in [0.2, 0.25) is 0 Å². The number of hydrogen-bond acceptors (Lipinski definition) is 5. The van der Waals surface area contributed by atoms with Gasteiger partial charge in [-0.05, 0) is 25.9 Å². The highest BCUT2D eigenvalue weighted by Crippen LogP contribution is 2.14. The first-order valence-corrected chi connectivity index (χ1v) is 7.31. The summed E-state index contributed by atoms with van der Waals surface area (Å²) in [6.45, 7) is 8.39. The second-order valence-electron chi connectivity index (χ2n) is 5.09. The number of anilines is 1. The van der Waals surface area contributed by atoms with Crippen molar-refractivity contribution in [3.8, 4) is 0 Å². The lowest BCUT2D eigenvalue weighted by molar-refractivity contribution is 0.256. The topological polar surface area (TPSA) is 58.3 Å². The predicted octanol–water partition coefficient (Wildman–Crippen LogP) is 0.900. The normalized spacial score (nSPS) is 16.8. The van der Waals surface area contributed by atoms with E-state index in [0.29, 0.717) is 0 Å². The van der Waals surface area contributed by atoms with E-state index in [1.807, 2.05) is 0 Å². The molecule has 0 unspecified atom stereocenters. The second-order valence-corrected chi connectivity index (χ2v) is 5.09. The third-order valence-electron chi connectivity index (χ3n) is 3.59. The smallest absolute Gasteiger partial charge is 0.132 e. The zero-order valence-corrected chi connectivity index (χ0v) is 11.9. The number of nitrogens with zero attached hydrogens (tertiary/aromatic N) is 4. The summed E-state index contributed by atoms with van der Waals surface area (Å²) in [6.07, 6.45) is 4.95. The molecule has 1 aromatic rings. The number of hydrogen-bond donors (Lipinski definition) is 1. The van der Waals surface area contributed by atoms with Crippen molar-refractivity contribution in [1.82, 2.24) is 14.9 Å². The fourth-order valence-corrected chi connectivity index (χ4v) is 2.47. The molecule has 0 radical (unpaired) electrons. The van der Waals surface area contributed by atoms with Crippen LogP contribution < -0.4 is 10.6 Å². The maximum atomic E-state index is 5.56. The van der Waals surface area contributed by atoms with Gasteiger partial charge in [-0.25, -0.2) is 9.97 Å². The van der Waals surface area contributed by atoms with Gasteiger partial charge in [-0.2, -0.15) is 0 Å². The monoisotopic (exact) mass is 263 g/mol. The molecule has 1 fully saturated rings. The molecule has 1 saturated heterocycles. The van der Waals surface area contributed by atoms with Crippen LogP contribution in [-0.4, -0.2) is 54.1 Å². The van der Waals surface area contributed by atoms with Gasteiger partial charge in [0.25, 0.3) is 0 Å². The van der Waals surface area contributed by atoms with E-state index in [0.717, 1.165) is 70.0 Å². The molecule has 0 spiro atoms. The van der Waals surface area contributed by atoms with Gasteiger partial charge in [-0.1, -0.05) is 13.3 Å². The third-order valence-corrected chi connectivity index (χ3v) is 3.59. The molecule has 2 rings (SSSR count). The van der Waals surface area contributed by atoms with Crippen LogP contribution in [0.3, 0.4) is 0 Å². The number of aromatic nitrogens is 2. The molecule has 0 atom stereocenters. The van der Waals surface area contributed by atoms with Crippen molar-refractivity contribution in [3.05, 3.63) is 18.1 Å². The minimum Gasteiger partial charge on any atom is -0.354 e. The molecule has 5 heteroatoms. The Labute approximate surface area is 115 Å². The van der Waals surface area contributed by atoms with Crippen molar-refractivity contribution >= 4 is 5.82 Å². The average molecular weight is 263 g/mol. The highest BCUT2D eigenvalue weighted by Gasteiger charge is 2.17. The van der Waals surface area contributed by atoms with Crippen LogP contribution in [0.25, 0.3) is 0 Å². The van der Waals surface area contributed by atoms with Crippen LogP contribution in [0.2, 0.25) is 0 Å². The molecule has 0 aromatic carbocycles. The SMILES string of the molecule is CCCc1cc(N2CCN(CCCN)CC2)ncn1. The molecule has 1 aliphatic heterocycles. The molecule has 1 aromatic heterocycles. The van der Waals surface area contributed by atoms with Gasteiger partial charge in [0, 0.05) is 37.9 Å². The van der Waals surface area contributed by atoms with Gasteiger partial charge in [0.1, 0.15) is 12.1 Å². The van der Waals surface area contributed by atoms with Gasteiger partial charge in [-0.15, -0.1) is 0 Å². The molecule has 1 aliphatic rings. The molecule has 19 heavy (non-hydrogen) atoms. The van der Waals surface area contributed by atoms with Crippen LogP contribution >= 0.6 is 0 Å². The highest BCUT2D eigenvalue weighted by atomic mass is 15.3. The van der Waals surface area contributed by atoms with Crippen molar-refractivity contribution in [3.63, 3.8) is 0 Å². The Morgan fingerprint density at radius 2 is 2.00 bits per heavy atom. The first-order valence-electron chi connectivity index (χ1n) is 7.31. The van der Waals surface area contributed by atoms with E-state index >= 15 is 0 Å². The predicted molar refractivity (Wildman–Crippen MR) is 78.4 cm³/mol. The highest BCUT2D eigenvalue weighted by molar-refractivity contribution is 5.39. The van der Waals surface area contributed by atoms with E-state index in [1.54, 1.807) is 6.33 Å². The van der Waals surface area contributed by atoms with Gasteiger partial charge < -0.3 is 10.6 Å². The van der Waals surface area contributed by atoms with Crippen molar-refractivity contribution in [2.75, 3.05) is 44.2 Å². The van der Waals surface area contributed by atoms with Gasteiger partial charge in [0.15, 0.2) is 0 Å². The number of nitrogens with two attached hydrogens (primary N) is 1. The summed E-state index contributed by atoms with van der Waals surface area (Å²) < 4.78 is 0. The molecule has 0 bridgehead atoms. The minimum absolute atomic E-state index is 0.784. The first-order chi connectivity index (χ1) is 9.33. The van der Waals surface area contributed by atoms with Gasteiger partial charge in [0.05, 0.1) is 0 Å². The average Bonchev–Trinajstić information content (AvgIpc) is 2.46. The molecule has 2 N–H and O–H groups in total. The summed E-state index contributed by atoms with van der Waals surface area (Å²) in [5.41, 5.74) is 6.71. The molecule has 0 aliphatic carbocycles.